The molecule has 1 unspecified atom stereocenters. The van der Waals surface area contributed by atoms with Crippen LogP contribution in [0.1, 0.15) is 24.1 Å². The first-order chi connectivity index (χ1) is 8.56. The maximum atomic E-state index is 6.02. The average molecular weight is 322 g/mol. The van der Waals surface area contributed by atoms with E-state index in [9.17, 15) is 0 Å². The lowest BCUT2D eigenvalue weighted by atomic mass is 10.1. The molecule has 0 spiro atoms. The maximum absolute atomic E-state index is 6.02. The Labute approximate surface area is 121 Å². The third-order valence-electron chi connectivity index (χ3n) is 2.68. The van der Waals surface area contributed by atoms with Gasteiger partial charge in [0.2, 0.25) is 0 Å². The number of benzene rings is 2. The molecular weight excluding hydrogens is 306 g/mol. The molecular formula is C15H16BrNS. The average Bonchev–Trinajstić information content (AvgIpc) is 2.28. The van der Waals surface area contributed by atoms with E-state index in [1.807, 2.05) is 13.0 Å². The van der Waals surface area contributed by atoms with Gasteiger partial charge in [0.05, 0.1) is 0 Å². The van der Waals surface area contributed by atoms with Crippen LogP contribution in [0, 0.1) is 6.92 Å². The number of nitrogens with two attached hydrogens (primary N) is 1. The minimum atomic E-state index is 0.0467. The summed E-state index contributed by atoms with van der Waals surface area (Å²) in [6.07, 6.45) is 0. The standard InChI is InChI=1S/C15H16BrNS/c1-10-4-3-5-13(8-10)18-15-9-12(16)6-7-14(15)11(2)17/h3-9,11H,17H2,1-2H3. The fraction of sp³-hybridized carbons (Fsp3) is 0.200. The minimum absolute atomic E-state index is 0.0467. The van der Waals surface area contributed by atoms with Crippen LogP contribution >= 0.6 is 27.7 Å². The van der Waals surface area contributed by atoms with Gasteiger partial charge in [0.1, 0.15) is 0 Å². The van der Waals surface area contributed by atoms with Crippen LogP contribution in [0.5, 0.6) is 0 Å². The molecule has 1 nitrogen and oxygen atoms in total. The molecule has 0 bridgehead atoms. The van der Waals surface area contributed by atoms with Gasteiger partial charge in [-0.3, -0.25) is 0 Å². The van der Waals surface area contributed by atoms with E-state index in [4.69, 9.17) is 5.73 Å². The lowest BCUT2D eigenvalue weighted by molar-refractivity contribution is 0.797. The molecule has 0 saturated carbocycles. The van der Waals surface area contributed by atoms with Gasteiger partial charge in [-0.15, -0.1) is 0 Å². The molecule has 0 saturated heterocycles. The van der Waals surface area contributed by atoms with E-state index < -0.39 is 0 Å². The van der Waals surface area contributed by atoms with Crippen molar-refractivity contribution in [2.45, 2.75) is 29.7 Å². The molecule has 2 aromatic carbocycles. The molecule has 0 aliphatic rings. The van der Waals surface area contributed by atoms with E-state index >= 15 is 0 Å². The summed E-state index contributed by atoms with van der Waals surface area (Å²) in [6, 6.07) is 14.8. The first-order valence-corrected chi connectivity index (χ1v) is 7.47. The third kappa shape index (κ3) is 3.37. The molecule has 1 atom stereocenters. The molecule has 2 N–H and O–H groups in total. The summed E-state index contributed by atoms with van der Waals surface area (Å²) in [6.45, 7) is 4.13. The smallest absolute Gasteiger partial charge is 0.0277 e. The Morgan fingerprint density at radius 1 is 1.17 bits per heavy atom. The zero-order valence-corrected chi connectivity index (χ0v) is 12.9. The summed E-state index contributed by atoms with van der Waals surface area (Å²) in [5.74, 6) is 0. The van der Waals surface area contributed by atoms with Crippen LogP contribution in [0.25, 0.3) is 0 Å². The summed E-state index contributed by atoms with van der Waals surface area (Å²) in [5, 5.41) is 0. The predicted molar refractivity (Wildman–Crippen MR) is 82.0 cm³/mol. The zero-order valence-electron chi connectivity index (χ0n) is 10.5. The van der Waals surface area contributed by atoms with Crippen LogP contribution in [0.4, 0.5) is 0 Å². The summed E-state index contributed by atoms with van der Waals surface area (Å²) in [4.78, 5) is 2.46. The van der Waals surface area contributed by atoms with Crippen molar-refractivity contribution in [2.24, 2.45) is 5.73 Å². The van der Waals surface area contributed by atoms with E-state index in [1.54, 1.807) is 11.8 Å². The van der Waals surface area contributed by atoms with Gasteiger partial charge >= 0.3 is 0 Å². The number of hydrogen-bond donors (Lipinski definition) is 1. The molecule has 94 valence electrons. The normalized spacial score (nSPS) is 12.4. The van der Waals surface area contributed by atoms with Crippen LogP contribution in [0.15, 0.2) is 56.7 Å². The molecule has 18 heavy (non-hydrogen) atoms. The van der Waals surface area contributed by atoms with Gasteiger partial charge in [0.25, 0.3) is 0 Å². The highest BCUT2D eigenvalue weighted by molar-refractivity contribution is 9.10. The minimum Gasteiger partial charge on any atom is -0.324 e. The Morgan fingerprint density at radius 2 is 1.94 bits per heavy atom. The van der Waals surface area contributed by atoms with Crippen molar-refractivity contribution in [1.29, 1.82) is 0 Å². The second kappa shape index (κ2) is 5.91. The Balaban J connectivity index is 2.36. The molecule has 0 aromatic heterocycles. The maximum Gasteiger partial charge on any atom is 0.0277 e. The Hall–Kier alpha value is -0.770. The molecule has 0 aliphatic heterocycles. The van der Waals surface area contributed by atoms with E-state index in [0.29, 0.717) is 0 Å². The first-order valence-electron chi connectivity index (χ1n) is 5.86. The van der Waals surface area contributed by atoms with E-state index in [2.05, 4.69) is 59.3 Å². The van der Waals surface area contributed by atoms with Crippen molar-refractivity contribution in [3.05, 3.63) is 58.1 Å². The van der Waals surface area contributed by atoms with Gasteiger partial charge in [-0.05, 0) is 43.7 Å². The lowest BCUT2D eigenvalue weighted by Gasteiger charge is -2.13. The van der Waals surface area contributed by atoms with Crippen molar-refractivity contribution in [3.8, 4) is 0 Å². The van der Waals surface area contributed by atoms with Crippen LogP contribution in [0.2, 0.25) is 0 Å². The van der Waals surface area contributed by atoms with Gasteiger partial charge < -0.3 is 5.73 Å². The first kappa shape index (κ1) is 13.7. The zero-order chi connectivity index (χ0) is 13.1. The summed E-state index contributed by atoms with van der Waals surface area (Å²) >= 11 is 5.28. The molecule has 3 heteroatoms. The highest BCUT2D eigenvalue weighted by atomic mass is 79.9. The van der Waals surface area contributed by atoms with Gasteiger partial charge in [0.15, 0.2) is 0 Å². The van der Waals surface area contributed by atoms with E-state index in [-0.39, 0.29) is 6.04 Å². The Morgan fingerprint density at radius 3 is 2.61 bits per heavy atom. The summed E-state index contributed by atoms with van der Waals surface area (Å²) in [7, 11) is 0. The Kier molecular flexibility index (Phi) is 4.49. The second-order valence-corrected chi connectivity index (χ2v) is 6.42. The molecule has 0 radical (unpaired) electrons. The summed E-state index contributed by atoms with van der Waals surface area (Å²) < 4.78 is 1.09. The largest absolute Gasteiger partial charge is 0.324 e. The van der Waals surface area contributed by atoms with Crippen LogP contribution < -0.4 is 5.73 Å². The second-order valence-electron chi connectivity index (χ2n) is 4.39. The SMILES string of the molecule is Cc1cccc(Sc2cc(Br)ccc2C(C)N)c1. The molecule has 0 amide bonds. The lowest BCUT2D eigenvalue weighted by Crippen LogP contribution is -2.06. The number of rotatable bonds is 3. The highest BCUT2D eigenvalue weighted by Gasteiger charge is 2.09. The molecule has 0 heterocycles. The number of hydrogen-bond acceptors (Lipinski definition) is 2. The van der Waals surface area contributed by atoms with E-state index in [0.717, 1.165) is 4.47 Å². The van der Waals surface area contributed by atoms with Gasteiger partial charge in [-0.25, -0.2) is 0 Å². The fourth-order valence-corrected chi connectivity index (χ4v) is 3.49. The van der Waals surface area contributed by atoms with Crippen molar-refractivity contribution in [2.75, 3.05) is 0 Å². The topological polar surface area (TPSA) is 26.0 Å². The van der Waals surface area contributed by atoms with Crippen LogP contribution in [0.3, 0.4) is 0 Å². The monoisotopic (exact) mass is 321 g/mol. The molecule has 0 aliphatic carbocycles. The third-order valence-corrected chi connectivity index (χ3v) is 4.24. The molecule has 2 rings (SSSR count). The highest BCUT2D eigenvalue weighted by Crippen LogP contribution is 2.34. The number of halogens is 1. The van der Waals surface area contributed by atoms with Gasteiger partial charge in [-0.1, -0.05) is 51.5 Å². The van der Waals surface area contributed by atoms with Crippen molar-refractivity contribution >= 4 is 27.7 Å². The van der Waals surface area contributed by atoms with Crippen molar-refractivity contribution in [3.63, 3.8) is 0 Å². The quantitative estimate of drug-likeness (QED) is 0.867. The summed E-state index contributed by atoms with van der Waals surface area (Å²) in [5.41, 5.74) is 8.48. The fourth-order valence-electron chi connectivity index (χ4n) is 1.78. The van der Waals surface area contributed by atoms with Crippen molar-refractivity contribution in [1.82, 2.24) is 0 Å². The molecule has 2 aromatic rings. The van der Waals surface area contributed by atoms with Gasteiger partial charge in [-0.2, -0.15) is 0 Å². The Bertz CT molecular complexity index is 552. The van der Waals surface area contributed by atoms with Crippen LogP contribution in [-0.2, 0) is 0 Å². The van der Waals surface area contributed by atoms with Crippen molar-refractivity contribution < 1.29 is 0 Å². The van der Waals surface area contributed by atoms with E-state index in [1.165, 1.54) is 20.9 Å². The van der Waals surface area contributed by atoms with Crippen LogP contribution in [-0.4, -0.2) is 0 Å². The molecule has 0 fully saturated rings. The predicted octanol–water partition coefficient (Wildman–Crippen LogP) is 4.93. The van der Waals surface area contributed by atoms with Gasteiger partial charge in [0, 0.05) is 20.3 Å². The number of aryl methyl sites for hydroxylation is 1.